The van der Waals surface area contributed by atoms with E-state index in [1.54, 1.807) is 12.1 Å². The molecule has 162 valence electrons. The molecule has 2 N–H and O–H groups in total. The molecule has 7 nitrogen and oxygen atoms in total. The Morgan fingerprint density at radius 1 is 1.06 bits per heavy atom. The molecule has 0 saturated carbocycles. The van der Waals surface area contributed by atoms with Crippen LogP contribution in [0.4, 0.5) is 9.52 Å². The number of amides is 1. The summed E-state index contributed by atoms with van der Waals surface area (Å²) >= 11 is 1.28. The van der Waals surface area contributed by atoms with E-state index >= 15 is 0 Å². The number of anilines is 1. The number of sulfonamides is 1. The van der Waals surface area contributed by atoms with Gasteiger partial charge in [0.15, 0.2) is 10.9 Å². The Morgan fingerprint density at radius 2 is 1.71 bits per heavy atom. The topological polar surface area (TPSA) is 105 Å². The molecule has 10 heteroatoms. The summed E-state index contributed by atoms with van der Waals surface area (Å²) in [6.45, 7) is 3.14. The molecule has 1 amide bonds. The number of aromatic nitrogens is 1. The minimum Gasteiger partial charge on any atom is -0.302 e. The minimum absolute atomic E-state index is 0.0115. The number of carbonyl (C=O) groups is 2. The first-order valence-corrected chi connectivity index (χ1v) is 11.6. The van der Waals surface area contributed by atoms with Crippen molar-refractivity contribution in [3.05, 3.63) is 64.8 Å². The summed E-state index contributed by atoms with van der Waals surface area (Å²) in [7, 11) is -3.80. The molecule has 31 heavy (non-hydrogen) atoms. The molecule has 0 saturated heterocycles. The second-order valence-electron chi connectivity index (χ2n) is 6.71. The lowest BCUT2D eigenvalue weighted by molar-refractivity contribution is -0.116. The van der Waals surface area contributed by atoms with Gasteiger partial charge in [-0.25, -0.2) is 22.5 Å². The number of rotatable bonds is 8. The number of nitrogens with one attached hydrogen (secondary N) is 2. The molecular weight excluding hydrogens is 441 g/mol. The fourth-order valence-electron chi connectivity index (χ4n) is 2.76. The molecule has 0 aliphatic heterocycles. The summed E-state index contributed by atoms with van der Waals surface area (Å²) in [5.41, 5.74) is 1.80. The molecule has 0 fully saturated rings. The Labute approximate surface area is 183 Å². The van der Waals surface area contributed by atoms with Crippen molar-refractivity contribution in [3.8, 4) is 11.3 Å². The maximum Gasteiger partial charge on any atom is 0.240 e. The normalized spacial score (nSPS) is 11.3. The number of benzene rings is 2. The van der Waals surface area contributed by atoms with Crippen LogP contribution in [0.2, 0.25) is 0 Å². The van der Waals surface area contributed by atoms with Gasteiger partial charge in [0, 0.05) is 29.0 Å². The number of ketones is 1. The van der Waals surface area contributed by atoms with Crippen LogP contribution < -0.4 is 10.0 Å². The minimum atomic E-state index is -3.80. The van der Waals surface area contributed by atoms with Crippen molar-refractivity contribution in [3.63, 3.8) is 0 Å². The van der Waals surface area contributed by atoms with E-state index in [1.807, 2.05) is 6.92 Å². The number of halogens is 1. The summed E-state index contributed by atoms with van der Waals surface area (Å²) in [4.78, 5) is 28.7. The average Bonchev–Trinajstić information content (AvgIpc) is 3.08. The Morgan fingerprint density at radius 3 is 2.32 bits per heavy atom. The van der Waals surface area contributed by atoms with E-state index in [4.69, 9.17) is 0 Å². The van der Waals surface area contributed by atoms with E-state index in [1.165, 1.54) is 54.7 Å². The van der Waals surface area contributed by atoms with Gasteiger partial charge in [-0.15, -0.1) is 11.3 Å². The van der Waals surface area contributed by atoms with Gasteiger partial charge in [0.1, 0.15) is 5.82 Å². The zero-order valence-electron chi connectivity index (χ0n) is 16.8. The van der Waals surface area contributed by atoms with Gasteiger partial charge in [0.05, 0.1) is 10.6 Å². The SMILES string of the molecule is CC(=O)c1ccc(S(=O)(=O)NCCC(=O)Nc2nc(-c3ccc(F)cc3)c(C)s2)cc1. The predicted molar refractivity (Wildman–Crippen MR) is 117 cm³/mol. The van der Waals surface area contributed by atoms with Gasteiger partial charge in [-0.2, -0.15) is 0 Å². The van der Waals surface area contributed by atoms with Gasteiger partial charge in [-0.1, -0.05) is 12.1 Å². The highest BCUT2D eigenvalue weighted by atomic mass is 32.2. The largest absolute Gasteiger partial charge is 0.302 e. The summed E-state index contributed by atoms with van der Waals surface area (Å²) in [6.07, 6.45) is -0.0880. The van der Waals surface area contributed by atoms with Crippen LogP contribution in [-0.4, -0.2) is 31.6 Å². The fraction of sp³-hybridized carbons (Fsp3) is 0.190. The molecule has 3 rings (SSSR count). The summed E-state index contributed by atoms with van der Waals surface area (Å²) in [5.74, 6) is -0.898. The van der Waals surface area contributed by atoms with E-state index in [0.29, 0.717) is 16.4 Å². The molecule has 0 aliphatic carbocycles. The van der Waals surface area contributed by atoms with Crippen LogP contribution in [0.25, 0.3) is 11.3 Å². The Balaban J connectivity index is 1.56. The first-order valence-electron chi connectivity index (χ1n) is 9.29. The highest BCUT2D eigenvalue weighted by Gasteiger charge is 2.16. The lowest BCUT2D eigenvalue weighted by Gasteiger charge is -2.07. The first-order chi connectivity index (χ1) is 14.7. The van der Waals surface area contributed by atoms with E-state index in [9.17, 15) is 22.4 Å². The number of hydrogen-bond donors (Lipinski definition) is 2. The smallest absolute Gasteiger partial charge is 0.240 e. The lowest BCUT2D eigenvalue weighted by Crippen LogP contribution is -2.27. The highest BCUT2D eigenvalue weighted by molar-refractivity contribution is 7.89. The second kappa shape index (κ2) is 9.46. The maximum absolute atomic E-state index is 13.1. The van der Waals surface area contributed by atoms with Crippen LogP contribution in [0.1, 0.15) is 28.6 Å². The molecule has 0 aliphatic rings. The molecule has 0 spiro atoms. The number of aryl methyl sites for hydroxylation is 1. The van der Waals surface area contributed by atoms with Gasteiger partial charge in [-0.05, 0) is 50.2 Å². The first kappa shape index (κ1) is 22.7. The lowest BCUT2D eigenvalue weighted by atomic mass is 10.1. The molecule has 0 unspecified atom stereocenters. The number of thiazole rings is 1. The van der Waals surface area contributed by atoms with Crippen molar-refractivity contribution >= 4 is 38.2 Å². The van der Waals surface area contributed by atoms with Gasteiger partial charge in [0.25, 0.3) is 0 Å². The number of hydrogen-bond acceptors (Lipinski definition) is 6. The van der Waals surface area contributed by atoms with Crippen molar-refractivity contribution < 1.29 is 22.4 Å². The van der Waals surface area contributed by atoms with Crippen LogP contribution in [0.3, 0.4) is 0 Å². The van der Waals surface area contributed by atoms with Crippen LogP contribution in [-0.2, 0) is 14.8 Å². The van der Waals surface area contributed by atoms with Crippen LogP contribution in [0, 0.1) is 12.7 Å². The van der Waals surface area contributed by atoms with E-state index in [-0.39, 0.29) is 29.5 Å². The fourth-order valence-corrected chi connectivity index (χ4v) is 4.64. The maximum atomic E-state index is 13.1. The predicted octanol–water partition coefficient (Wildman–Crippen LogP) is 3.77. The molecule has 2 aromatic carbocycles. The van der Waals surface area contributed by atoms with E-state index in [2.05, 4.69) is 15.0 Å². The van der Waals surface area contributed by atoms with Gasteiger partial charge in [-0.3, -0.25) is 9.59 Å². The highest BCUT2D eigenvalue weighted by Crippen LogP contribution is 2.30. The standard InChI is InChI=1S/C21H20FN3O4S2/c1-13(26)15-5-9-18(10-6-15)31(28,29)23-12-11-19(27)24-21-25-20(14(2)30-21)16-3-7-17(22)8-4-16/h3-10,23H,11-12H2,1-2H3,(H,24,25,27). The molecule has 3 aromatic rings. The van der Waals surface area contributed by atoms with Crippen LogP contribution in [0.5, 0.6) is 0 Å². The summed E-state index contributed by atoms with van der Waals surface area (Å²) in [5, 5.41) is 3.03. The van der Waals surface area contributed by atoms with Crippen molar-refractivity contribution in [1.29, 1.82) is 0 Å². The number of Topliss-reactive ketones (excluding diaryl/α,β-unsaturated/α-hetero) is 1. The Hall–Kier alpha value is -2.95. The second-order valence-corrected chi connectivity index (χ2v) is 9.68. The van der Waals surface area contributed by atoms with Crippen LogP contribution >= 0.6 is 11.3 Å². The molecule has 0 bridgehead atoms. The van der Waals surface area contributed by atoms with Crippen LogP contribution in [0.15, 0.2) is 53.4 Å². The Kier molecular flexibility index (Phi) is 6.94. The third-order valence-corrected chi connectivity index (χ3v) is 6.74. The van der Waals surface area contributed by atoms with Gasteiger partial charge >= 0.3 is 0 Å². The quantitative estimate of drug-likeness (QED) is 0.497. The average molecular weight is 462 g/mol. The zero-order chi connectivity index (χ0) is 22.6. The number of nitrogens with zero attached hydrogens (tertiary/aromatic N) is 1. The van der Waals surface area contributed by atoms with Gasteiger partial charge < -0.3 is 5.32 Å². The Bertz CT molecular complexity index is 1200. The summed E-state index contributed by atoms with van der Waals surface area (Å²) in [6, 6.07) is 11.5. The van der Waals surface area contributed by atoms with Crippen molar-refractivity contribution in [1.82, 2.24) is 9.71 Å². The van der Waals surface area contributed by atoms with E-state index < -0.39 is 15.9 Å². The summed E-state index contributed by atoms with van der Waals surface area (Å²) < 4.78 is 40.1. The van der Waals surface area contributed by atoms with E-state index in [0.717, 1.165) is 10.4 Å². The van der Waals surface area contributed by atoms with Crippen molar-refractivity contribution in [2.75, 3.05) is 11.9 Å². The zero-order valence-corrected chi connectivity index (χ0v) is 18.4. The third-order valence-electron chi connectivity index (χ3n) is 4.38. The monoisotopic (exact) mass is 461 g/mol. The molecule has 0 radical (unpaired) electrons. The molecule has 0 atom stereocenters. The molecule has 1 heterocycles. The molecule has 1 aromatic heterocycles. The van der Waals surface area contributed by atoms with Crippen molar-refractivity contribution in [2.24, 2.45) is 0 Å². The van der Waals surface area contributed by atoms with Gasteiger partial charge in [0.2, 0.25) is 15.9 Å². The number of carbonyl (C=O) groups excluding carboxylic acids is 2. The third kappa shape index (κ3) is 5.81. The molecular formula is C21H20FN3O4S2. The van der Waals surface area contributed by atoms with Crippen molar-refractivity contribution in [2.45, 2.75) is 25.2 Å².